The molecule has 1 aromatic carbocycles. The normalized spacial score (nSPS) is 19.4. The number of nitrogen functional groups attached to an aromatic ring is 1. The summed E-state index contributed by atoms with van der Waals surface area (Å²) in [5, 5.41) is 11.2. The second kappa shape index (κ2) is 10.8. The first-order valence-electron chi connectivity index (χ1n) is 12.3. The first-order valence-corrected chi connectivity index (χ1v) is 14.2. The van der Waals surface area contributed by atoms with E-state index < -0.39 is 53.4 Å². The lowest BCUT2D eigenvalue weighted by atomic mass is 9.95. The number of carboxylic acids is 1. The molecule has 0 radical (unpaired) electrons. The molecule has 0 aliphatic carbocycles. The van der Waals surface area contributed by atoms with Gasteiger partial charge in [0.25, 0.3) is 0 Å². The van der Waals surface area contributed by atoms with Crippen LogP contribution in [0.15, 0.2) is 30.6 Å². The Bertz CT molecular complexity index is 1480. The Hall–Kier alpha value is -3.50. The largest absolute Gasteiger partial charge is 0.755 e. The van der Waals surface area contributed by atoms with Crippen molar-refractivity contribution < 1.29 is 36.6 Å². The summed E-state index contributed by atoms with van der Waals surface area (Å²) in [4.78, 5) is 36.8. The molecule has 0 saturated carbocycles. The van der Waals surface area contributed by atoms with Crippen molar-refractivity contribution in [2.24, 2.45) is 0 Å². The molecule has 0 bridgehead atoms. The van der Waals surface area contributed by atoms with E-state index in [2.05, 4.69) is 9.97 Å². The van der Waals surface area contributed by atoms with Crippen molar-refractivity contribution in [3.8, 4) is 0 Å². The van der Waals surface area contributed by atoms with E-state index in [0.29, 0.717) is 10.5 Å². The zero-order valence-electron chi connectivity index (χ0n) is 20.8. The zero-order valence-corrected chi connectivity index (χ0v) is 22.5. The molecular formula is C24H24F3N6O5S2-. The van der Waals surface area contributed by atoms with Gasteiger partial charge in [-0.3, -0.25) is 13.3 Å². The molecule has 0 spiro atoms. The highest BCUT2D eigenvalue weighted by Gasteiger charge is 2.44. The summed E-state index contributed by atoms with van der Waals surface area (Å²) < 4.78 is 67.3. The number of pyridine rings is 1. The molecule has 11 nitrogen and oxygen atoms in total. The van der Waals surface area contributed by atoms with Gasteiger partial charge < -0.3 is 25.2 Å². The Morgan fingerprint density at radius 1 is 1.27 bits per heavy atom. The Morgan fingerprint density at radius 3 is 2.65 bits per heavy atom. The van der Waals surface area contributed by atoms with E-state index in [1.807, 2.05) is 4.90 Å². The maximum Gasteiger partial charge on any atom is 0.416 e. The standard InChI is InChI=1S/C24H25F3N6O5S2/c25-24(26,27)16-11-15-13(3-5-29-20(15)28)9-14(16)10-18(22(35)36)32-8-4-17(21(32)34)33(40(37)38)19-12-30-23(39-19)31-6-1-2-7-31/h3,5,9,11-12,17-18H,1-2,4,6-8,10H2,(H2,28,29)(H,35,36)(H,37,38)/p-1/t17-,18+/m0/s1. The minimum Gasteiger partial charge on any atom is -0.755 e. The van der Waals surface area contributed by atoms with Gasteiger partial charge >= 0.3 is 12.1 Å². The third kappa shape index (κ3) is 5.30. The first-order chi connectivity index (χ1) is 19.0. The number of aromatic nitrogens is 2. The SMILES string of the molecule is Nc1nccc2cc(C[C@H](C(=O)O)N3CC[C@H](N(c4cnc(N5CCCC5)s4)S(=O)[O-])C3=O)c(C(F)(F)F)cc12. The fourth-order valence-electron chi connectivity index (χ4n) is 5.22. The zero-order chi connectivity index (χ0) is 28.8. The van der Waals surface area contributed by atoms with E-state index in [1.54, 1.807) is 0 Å². The summed E-state index contributed by atoms with van der Waals surface area (Å²) >= 11 is -1.79. The molecule has 2 aromatic heterocycles. The Kier molecular flexibility index (Phi) is 7.58. The maximum absolute atomic E-state index is 14.0. The van der Waals surface area contributed by atoms with E-state index in [0.717, 1.165) is 52.5 Å². The summed E-state index contributed by atoms with van der Waals surface area (Å²) in [6.07, 6.45) is -0.886. The smallest absolute Gasteiger partial charge is 0.416 e. The van der Waals surface area contributed by atoms with Gasteiger partial charge in [0, 0.05) is 48.9 Å². The average Bonchev–Trinajstić information content (AvgIpc) is 3.64. The highest BCUT2D eigenvalue weighted by Crippen LogP contribution is 2.38. The summed E-state index contributed by atoms with van der Waals surface area (Å²) in [5.41, 5.74) is 4.33. The topological polar surface area (TPSA) is 156 Å². The molecule has 4 heterocycles. The van der Waals surface area contributed by atoms with Crippen LogP contribution in [0.2, 0.25) is 0 Å². The molecule has 5 rings (SSSR count). The molecule has 3 aromatic rings. The lowest BCUT2D eigenvalue weighted by Crippen LogP contribution is -2.48. The fraction of sp³-hybridized carbons (Fsp3) is 0.417. The highest BCUT2D eigenvalue weighted by atomic mass is 32.2. The number of nitrogens with zero attached hydrogens (tertiary/aromatic N) is 5. The number of carboxylic acid groups (broad SMARTS) is 1. The minimum atomic E-state index is -4.83. The maximum atomic E-state index is 14.0. The summed E-state index contributed by atoms with van der Waals surface area (Å²) in [6, 6.07) is 0.551. The van der Waals surface area contributed by atoms with Crippen LogP contribution in [0.4, 0.5) is 29.1 Å². The number of hydrogen-bond donors (Lipinski definition) is 2. The predicted octanol–water partition coefficient (Wildman–Crippen LogP) is 2.79. The van der Waals surface area contributed by atoms with E-state index in [9.17, 15) is 36.6 Å². The number of likely N-dealkylation sites (tertiary alicyclic amines) is 1. The van der Waals surface area contributed by atoms with Crippen LogP contribution in [0, 0.1) is 0 Å². The number of carbonyl (C=O) groups is 2. The molecule has 2 saturated heterocycles. The molecule has 214 valence electrons. The van der Waals surface area contributed by atoms with Crippen molar-refractivity contribution in [1.82, 2.24) is 14.9 Å². The van der Waals surface area contributed by atoms with Crippen molar-refractivity contribution in [2.75, 3.05) is 34.6 Å². The number of nitrogens with two attached hydrogens (primary N) is 1. The van der Waals surface area contributed by atoms with E-state index in [4.69, 9.17) is 5.73 Å². The van der Waals surface area contributed by atoms with Crippen molar-refractivity contribution in [2.45, 2.75) is 43.9 Å². The van der Waals surface area contributed by atoms with Crippen molar-refractivity contribution in [1.29, 1.82) is 0 Å². The molecule has 1 unspecified atom stereocenters. The van der Waals surface area contributed by atoms with Crippen molar-refractivity contribution in [3.05, 3.63) is 41.7 Å². The number of halogens is 3. The number of fused-ring (bicyclic) bond motifs is 1. The van der Waals surface area contributed by atoms with Gasteiger partial charge in [-0.05, 0) is 42.3 Å². The van der Waals surface area contributed by atoms with Crippen LogP contribution in [-0.2, 0) is 33.5 Å². The van der Waals surface area contributed by atoms with Crippen LogP contribution in [0.5, 0.6) is 0 Å². The number of anilines is 3. The number of hydrogen-bond acceptors (Lipinski definition) is 9. The average molecular weight is 598 g/mol. The Morgan fingerprint density at radius 2 is 2.00 bits per heavy atom. The predicted molar refractivity (Wildman–Crippen MR) is 141 cm³/mol. The number of alkyl halides is 3. The lowest BCUT2D eigenvalue weighted by Gasteiger charge is -2.31. The van der Waals surface area contributed by atoms with Gasteiger partial charge in [0.1, 0.15) is 22.9 Å². The number of carbonyl (C=O) groups excluding carboxylic acids is 1. The van der Waals surface area contributed by atoms with Gasteiger partial charge in [0.2, 0.25) is 5.91 Å². The van der Waals surface area contributed by atoms with Gasteiger partial charge in [-0.15, -0.1) is 0 Å². The number of amides is 1. The van der Waals surface area contributed by atoms with Crippen LogP contribution >= 0.6 is 11.3 Å². The van der Waals surface area contributed by atoms with Gasteiger partial charge in [0.05, 0.1) is 11.8 Å². The van der Waals surface area contributed by atoms with E-state index in [1.165, 1.54) is 24.5 Å². The number of aliphatic carboxylic acids is 1. The molecule has 2 aliphatic heterocycles. The molecule has 2 aliphatic rings. The molecule has 2 fully saturated rings. The molecule has 16 heteroatoms. The first kappa shape index (κ1) is 28.0. The number of benzene rings is 1. The number of rotatable bonds is 8. The third-order valence-corrected chi connectivity index (χ3v) is 9.07. The van der Waals surface area contributed by atoms with Crippen LogP contribution < -0.4 is 14.9 Å². The van der Waals surface area contributed by atoms with Crippen LogP contribution in [-0.4, -0.2) is 72.3 Å². The lowest BCUT2D eigenvalue weighted by molar-refractivity contribution is -0.149. The van der Waals surface area contributed by atoms with E-state index >= 15 is 0 Å². The monoisotopic (exact) mass is 597 g/mol. The molecule has 3 atom stereocenters. The van der Waals surface area contributed by atoms with Gasteiger partial charge in [-0.25, -0.2) is 14.8 Å². The van der Waals surface area contributed by atoms with Crippen LogP contribution in [0.3, 0.4) is 0 Å². The molecular weight excluding hydrogens is 573 g/mol. The second-order valence-electron chi connectivity index (χ2n) is 9.54. The summed E-state index contributed by atoms with van der Waals surface area (Å²) in [7, 11) is 0. The molecule has 3 N–H and O–H groups in total. The molecule has 1 amide bonds. The Balaban J connectivity index is 1.44. The van der Waals surface area contributed by atoms with Gasteiger partial charge in [-0.1, -0.05) is 17.4 Å². The van der Waals surface area contributed by atoms with Crippen molar-refractivity contribution in [3.63, 3.8) is 0 Å². The van der Waals surface area contributed by atoms with Gasteiger partial charge in [0.15, 0.2) is 5.13 Å². The van der Waals surface area contributed by atoms with E-state index in [-0.39, 0.29) is 34.7 Å². The minimum absolute atomic E-state index is 0.0421. The van der Waals surface area contributed by atoms with Gasteiger partial charge in [-0.2, -0.15) is 13.2 Å². The van der Waals surface area contributed by atoms with Crippen LogP contribution in [0.1, 0.15) is 30.4 Å². The fourth-order valence-corrected chi connectivity index (χ4v) is 7.04. The van der Waals surface area contributed by atoms with Crippen LogP contribution in [0.25, 0.3) is 10.8 Å². The van der Waals surface area contributed by atoms with Crippen molar-refractivity contribution >= 4 is 61.2 Å². The summed E-state index contributed by atoms with van der Waals surface area (Å²) in [6.45, 7) is 1.40. The Labute approximate surface area is 232 Å². The summed E-state index contributed by atoms with van der Waals surface area (Å²) in [5.74, 6) is -2.43. The number of thiazole rings is 1. The second-order valence-corrected chi connectivity index (χ2v) is 11.4. The molecule has 40 heavy (non-hydrogen) atoms. The highest BCUT2D eigenvalue weighted by molar-refractivity contribution is 7.81. The quantitative estimate of drug-likeness (QED) is 0.373. The third-order valence-electron chi connectivity index (χ3n) is 7.13.